The van der Waals surface area contributed by atoms with Gasteiger partial charge in [0.1, 0.15) is 5.82 Å². The highest BCUT2D eigenvalue weighted by molar-refractivity contribution is 5.47. The third-order valence-corrected chi connectivity index (χ3v) is 2.59. The Hall–Kier alpha value is -2.34. The molecule has 0 aliphatic rings. The fraction of sp³-hybridized carbons (Fsp3) is 0.133. The quantitative estimate of drug-likeness (QED) is 0.889. The van der Waals surface area contributed by atoms with Gasteiger partial charge in [0.25, 0.3) is 0 Å². The molecular formula is C15H13FN2. The molecule has 1 N–H and O–H groups in total. The molecule has 0 bridgehead atoms. The number of nitrogens with one attached hydrogen (secondary N) is 1. The van der Waals surface area contributed by atoms with E-state index in [1.807, 2.05) is 31.2 Å². The lowest BCUT2D eigenvalue weighted by atomic mass is 10.1. The Bertz CT molecular complexity index is 579. The first-order valence-corrected chi connectivity index (χ1v) is 5.67. The van der Waals surface area contributed by atoms with Crippen molar-refractivity contribution in [1.29, 1.82) is 5.26 Å². The highest BCUT2D eigenvalue weighted by atomic mass is 19.1. The van der Waals surface area contributed by atoms with Crippen LogP contribution < -0.4 is 5.32 Å². The smallest absolute Gasteiger partial charge is 0.125 e. The monoisotopic (exact) mass is 240 g/mol. The van der Waals surface area contributed by atoms with Crippen LogP contribution in [0, 0.1) is 24.1 Å². The van der Waals surface area contributed by atoms with Crippen LogP contribution in [0.3, 0.4) is 0 Å². The van der Waals surface area contributed by atoms with Crippen LogP contribution in [0.5, 0.6) is 0 Å². The molecule has 2 aromatic rings. The molecule has 0 aliphatic carbocycles. The normalized spacial score (nSPS) is 9.83. The summed E-state index contributed by atoms with van der Waals surface area (Å²) in [6, 6.07) is 14.3. The Morgan fingerprint density at radius 2 is 2.06 bits per heavy atom. The Labute approximate surface area is 106 Å². The van der Waals surface area contributed by atoms with Crippen LogP contribution in [0.15, 0.2) is 42.5 Å². The van der Waals surface area contributed by atoms with Crippen LogP contribution in [-0.4, -0.2) is 0 Å². The van der Waals surface area contributed by atoms with E-state index in [0.29, 0.717) is 12.1 Å². The average molecular weight is 240 g/mol. The topological polar surface area (TPSA) is 35.8 Å². The fourth-order valence-electron chi connectivity index (χ4n) is 1.79. The molecule has 0 spiro atoms. The van der Waals surface area contributed by atoms with Gasteiger partial charge in [-0.25, -0.2) is 4.39 Å². The van der Waals surface area contributed by atoms with Gasteiger partial charge in [0.2, 0.25) is 0 Å². The largest absolute Gasteiger partial charge is 0.381 e. The van der Waals surface area contributed by atoms with Crippen molar-refractivity contribution in [3.8, 4) is 6.07 Å². The standard InChI is InChI=1S/C15H13FN2/c1-11-5-14(16)8-15(6-11)18-10-13-4-2-3-12(7-13)9-17/h2-8,18H,10H2,1H3. The van der Waals surface area contributed by atoms with Crippen LogP contribution in [-0.2, 0) is 6.54 Å². The number of benzene rings is 2. The molecule has 0 atom stereocenters. The molecular weight excluding hydrogens is 227 g/mol. The minimum Gasteiger partial charge on any atom is -0.381 e. The minimum atomic E-state index is -0.247. The first-order chi connectivity index (χ1) is 8.67. The van der Waals surface area contributed by atoms with Crippen LogP contribution in [0.2, 0.25) is 0 Å². The van der Waals surface area contributed by atoms with Crippen LogP contribution in [0.1, 0.15) is 16.7 Å². The molecule has 0 aromatic heterocycles. The third kappa shape index (κ3) is 3.08. The number of anilines is 1. The number of aryl methyl sites for hydroxylation is 1. The number of rotatable bonds is 3. The van der Waals surface area contributed by atoms with E-state index < -0.39 is 0 Å². The number of nitriles is 1. The second-order valence-corrected chi connectivity index (χ2v) is 4.18. The highest BCUT2D eigenvalue weighted by Gasteiger charge is 1.99. The van der Waals surface area contributed by atoms with Crippen molar-refractivity contribution in [1.82, 2.24) is 0 Å². The van der Waals surface area contributed by atoms with Gasteiger partial charge in [-0.2, -0.15) is 5.26 Å². The number of nitrogens with zero attached hydrogens (tertiary/aromatic N) is 1. The predicted molar refractivity (Wildman–Crippen MR) is 69.6 cm³/mol. The molecule has 0 saturated carbocycles. The first-order valence-electron chi connectivity index (χ1n) is 5.67. The lowest BCUT2D eigenvalue weighted by Gasteiger charge is -2.08. The van der Waals surface area contributed by atoms with Crippen molar-refractivity contribution in [2.24, 2.45) is 0 Å². The molecule has 2 nitrogen and oxygen atoms in total. The van der Waals surface area contributed by atoms with Crippen LogP contribution >= 0.6 is 0 Å². The van der Waals surface area contributed by atoms with Crippen molar-refractivity contribution >= 4 is 5.69 Å². The maximum absolute atomic E-state index is 13.2. The summed E-state index contributed by atoms with van der Waals surface area (Å²) in [5.74, 6) is -0.247. The lowest BCUT2D eigenvalue weighted by Crippen LogP contribution is -2.00. The highest BCUT2D eigenvalue weighted by Crippen LogP contribution is 2.14. The summed E-state index contributed by atoms with van der Waals surface area (Å²) in [5.41, 5.74) is 3.25. The zero-order valence-electron chi connectivity index (χ0n) is 10.1. The number of hydrogen-bond donors (Lipinski definition) is 1. The van der Waals surface area contributed by atoms with Gasteiger partial charge in [0, 0.05) is 12.2 Å². The van der Waals surface area contributed by atoms with Gasteiger partial charge in [-0.3, -0.25) is 0 Å². The van der Waals surface area contributed by atoms with Gasteiger partial charge >= 0.3 is 0 Å². The Balaban J connectivity index is 2.09. The van der Waals surface area contributed by atoms with E-state index in [2.05, 4.69) is 11.4 Å². The number of halogens is 1. The Morgan fingerprint density at radius 1 is 1.22 bits per heavy atom. The van der Waals surface area contributed by atoms with E-state index in [1.54, 1.807) is 6.07 Å². The summed E-state index contributed by atoms with van der Waals surface area (Å²) < 4.78 is 13.2. The van der Waals surface area contributed by atoms with Crippen LogP contribution in [0.25, 0.3) is 0 Å². The first kappa shape index (κ1) is 12.1. The molecule has 18 heavy (non-hydrogen) atoms. The van der Waals surface area contributed by atoms with Crippen molar-refractivity contribution in [2.45, 2.75) is 13.5 Å². The van der Waals surface area contributed by atoms with Crippen molar-refractivity contribution in [3.63, 3.8) is 0 Å². The minimum absolute atomic E-state index is 0.247. The zero-order valence-corrected chi connectivity index (χ0v) is 10.1. The molecule has 90 valence electrons. The SMILES string of the molecule is Cc1cc(F)cc(NCc2cccc(C#N)c2)c1. The summed E-state index contributed by atoms with van der Waals surface area (Å²) in [7, 11) is 0. The molecule has 0 fully saturated rings. The summed E-state index contributed by atoms with van der Waals surface area (Å²) in [4.78, 5) is 0. The summed E-state index contributed by atoms with van der Waals surface area (Å²) in [6.07, 6.45) is 0. The van der Waals surface area contributed by atoms with Crippen LogP contribution in [0.4, 0.5) is 10.1 Å². The average Bonchev–Trinajstić information content (AvgIpc) is 2.35. The van der Waals surface area contributed by atoms with Gasteiger partial charge < -0.3 is 5.32 Å². The van der Waals surface area contributed by atoms with Gasteiger partial charge in [-0.1, -0.05) is 12.1 Å². The van der Waals surface area contributed by atoms with Gasteiger partial charge in [0.05, 0.1) is 11.6 Å². The van der Waals surface area contributed by atoms with E-state index in [-0.39, 0.29) is 5.82 Å². The van der Waals surface area contributed by atoms with Crippen molar-refractivity contribution in [2.75, 3.05) is 5.32 Å². The molecule has 2 rings (SSSR count). The zero-order chi connectivity index (χ0) is 13.0. The number of hydrogen-bond acceptors (Lipinski definition) is 2. The maximum Gasteiger partial charge on any atom is 0.125 e. The summed E-state index contributed by atoms with van der Waals surface area (Å²) in [5, 5.41) is 11.9. The van der Waals surface area contributed by atoms with Crippen molar-refractivity contribution in [3.05, 3.63) is 65.0 Å². The van der Waals surface area contributed by atoms with Gasteiger partial charge in [-0.15, -0.1) is 0 Å². The predicted octanol–water partition coefficient (Wildman–Crippen LogP) is 3.62. The Kier molecular flexibility index (Phi) is 3.59. The molecule has 0 unspecified atom stereocenters. The maximum atomic E-state index is 13.2. The second kappa shape index (κ2) is 5.33. The molecule has 0 aliphatic heterocycles. The van der Waals surface area contributed by atoms with E-state index in [1.165, 1.54) is 12.1 Å². The molecule has 3 heteroatoms. The van der Waals surface area contributed by atoms with E-state index >= 15 is 0 Å². The second-order valence-electron chi connectivity index (χ2n) is 4.18. The van der Waals surface area contributed by atoms with Crippen molar-refractivity contribution < 1.29 is 4.39 Å². The molecule has 2 aromatic carbocycles. The summed E-state index contributed by atoms with van der Waals surface area (Å²) in [6.45, 7) is 2.42. The lowest BCUT2D eigenvalue weighted by molar-refractivity contribution is 0.627. The van der Waals surface area contributed by atoms with E-state index in [4.69, 9.17) is 5.26 Å². The molecule has 0 radical (unpaired) electrons. The van der Waals surface area contributed by atoms with E-state index in [9.17, 15) is 4.39 Å². The van der Waals surface area contributed by atoms with Gasteiger partial charge in [-0.05, 0) is 48.4 Å². The molecule has 0 saturated heterocycles. The third-order valence-electron chi connectivity index (χ3n) is 2.59. The molecule has 0 amide bonds. The summed E-state index contributed by atoms with van der Waals surface area (Å²) >= 11 is 0. The molecule has 0 heterocycles. The van der Waals surface area contributed by atoms with E-state index in [0.717, 1.165) is 16.8 Å². The fourth-order valence-corrected chi connectivity index (χ4v) is 1.79. The van der Waals surface area contributed by atoms with Gasteiger partial charge in [0.15, 0.2) is 0 Å². The Morgan fingerprint density at radius 3 is 2.78 bits per heavy atom.